The number of rotatable bonds is 8. The van der Waals surface area contributed by atoms with Crippen LogP contribution in [0.4, 0.5) is 10.3 Å². The first-order valence-electron chi connectivity index (χ1n) is 10.8. The molecular weight excluding hydrogens is 505 g/mol. The number of phenolic OH excluding ortho intramolecular Hbond substituents is 1. The molecule has 1 aromatic carbocycles. The maximum Gasteiger partial charge on any atom is 0.243 e. The van der Waals surface area contributed by atoms with Crippen LogP contribution in [-0.4, -0.2) is 63.6 Å². The highest BCUT2D eigenvalue weighted by atomic mass is 32.2. The molecule has 0 saturated carbocycles. The molecule has 14 heteroatoms. The molecule has 37 heavy (non-hydrogen) atoms. The van der Waals surface area contributed by atoms with Gasteiger partial charge in [-0.05, 0) is 24.8 Å². The Kier molecular flexibility index (Phi) is 7.07. The first kappa shape index (κ1) is 25.6. The van der Waals surface area contributed by atoms with Crippen molar-refractivity contribution in [3.05, 3.63) is 65.6 Å². The van der Waals surface area contributed by atoms with Crippen LogP contribution in [0.5, 0.6) is 11.5 Å². The normalized spacial score (nSPS) is 14.5. The molecule has 192 valence electrons. The number of anilines is 1. The molecule has 12 nitrogen and oxygen atoms in total. The fourth-order valence-electron chi connectivity index (χ4n) is 3.42. The van der Waals surface area contributed by atoms with Gasteiger partial charge in [0, 0.05) is 5.92 Å². The van der Waals surface area contributed by atoms with Crippen molar-refractivity contribution in [2.75, 3.05) is 18.9 Å². The summed E-state index contributed by atoms with van der Waals surface area (Å²) in [5.74, 6) is -1.27. The van der Waals surface area contributed by atoms with Gasteiger partial charge in [0.05, 0.1) is 37.9 Å². The fourth-order valence-corrected chi connectivity index (χ4v) is 4.65. The molecule has 2 atom stereocenters. The van der Waals surface area contributed by atoms with E-state index in [1.807, 2.05) is 0 Å². The van der Waals surface area contributed by atoms with Gasteiger partial charge in [-0.3, -0.25) is 9.29 Å². The summed E-state index contributed by atoms with van der Waals surface area (Å²) in [7, 11) is -1.34. The van der Waals surface area contributed by atoms with E-state index in [1.54, 1.807) is 19.1 Å². The van der Waals surface area contributed by atoms with Crippen LogP contribution in [0, 0.1) is 5.82 Å². The topological polar surface area (TPSA) is 154 Å². The average Bonchev–Trinajstić information content (AvgIpc) is 3.30. The molecule has 0 saturated heterocycles. The lowest BCUT2D eigenvalue weighted by Crippen LogP contribution is -2.31. The Hall–Kier alpha value is -4.51. The molecule has 0 fully saturated rings. The lowest BCUT2D eigenvalue weighted by molar-refractivity contribution is 0.404. The van der Waals surface area contributed by atoms with Gasteiger partial charge in [-0.1, -0.05) is 18.7 Å². The number of halogens is 1. The molecule has 1 aliphatic heterocycles. The van der Waals surface area contributed by atoms with Gasteiger partial charge in [0.25, 0.3) is 0 Å². The van der Waals surface area contributed by atoms with Gasteiger partial charge >= 0.3 is 0 Å². The van der Waals surface area contributed by atoms with E-state index >= 15 is 0 Å². The van der Waals surface area contributed by atoms with Crippen LogP contribution in [0.1, 0.15) is 31.4 Å². The van der Waals surface area contributed by atoms with Gasteiger partial charge in [-0.2, -0.15) is 0 Å². The zero-order chi connectivity index (χ0) is 26.7. The number of nitrogens with zero attached hydrogens (tertiary/aromatic N) is 6. The molecule has 1 aliphatic rings. The minimum Gasteiger partial charge on any atom is -0.506 e. The van der Waals surface area contributed by atoms with E-state index in [2.05, 4.69) is 41.3 Å². The number of aromatic hydroxyl groups is 1. The Morgan fingerprint density at radius 1 is 1.14 bits per heavy atom. The van der Waals surface area contributed by atoms with Gasteiger partial charge in [-0.25, -0.2) is 27.8 Å². The van der Waals surface area contributed by atoms with Crippen molar-refractivity contribution in [2.24, 2.45) is 4.99 Å². The summed E-state index contributed by atoms with van der Waals surface area (Å²) in [4.78, 5) is 12.1. The molecule has 0 aliphatic carbocycles. The Labute approximate surface area is 211 Å². The van der Waals surface area contributed by atoms with Crippen LogP contribution in [0.15, 0.2) is 53.1 Å². The summed E-state index contributed by atoms with van der Waals surface area (Å²) in [6.45, 7) is 3.05. The van der Waals surface area contributed by atoms with Crippen molar-refractivity contribution < 1.29 is 27.4 Å². The minimum absolute atomic E-state index is 0.0234. The smallest absolute Gasteiger partial charge is 0.243 e. The third kappa shape index (κ3) is 5.07. The molecule has 3 heterocycles. The number of hydrogen-bond donors (Lipinski definition) is 2. The van der Waals surface area contributed by atoms with E-state index in [0.29, 0.717) is 0 Å². The van der Waals surface area contributed by atoms with Gasteiger partial charge in [0.2, 0.25) is 21.9 Å². The third-order valence-corrected chi connectivity index (χ3v) is 7.44. The van der Waals surface area contributed by atoms with Crippen LogP contribution in [0.3, 0.4) is 0 Å². The van der Waals surface area contributed by atoms with E-state index in [9.17, 15) is 17.9 Å². The molecular formula is C23H22FN7O5S. The standard InChI is InChI=1S/C23H22FN7O5S/c1-13(21-25-11-15(24)12-26-21)14(2)37(33,34)30-23-29-28-22(16-7-5-10-19(27-16)36-4)31(23)20-17(32)8-6-9-18(20)35-3/h6,8-14,32H,1-4H3,(H,29,30)/t13-,14-/m1/s1. The summed E-state index contributed by atoms with van der Waals surface area (Å²) in [5, 5.41) is 17.7. The molecule has 0 bridgehead atoms. The van der Waals surface area contributed by atoms with Crippen LogP contribution >= 0.6 is 0 Å². The molecule has 0 amide bonds. The van der Waals surface area contributed by atoms with E-state index in [0.717, 1.165) is 12.4 Å². The summed E-state index contributed by atoms with van der Waals surface area (Å²) in [6, 6.07) is 4.52. The molecule has 0 unspecified atom stereocenters. The number of aliphatic imine (C=N–C) groups is 1. The lowest BCUT2D eigenvalue weighted by atomic mass is 10.1. The number of hydrogen-bond acceptors (Lipinski definition) is 10. The van der Waals surface area contributed by atoms with Crippen molar-refractivity contribution >= 4 is 27.6 Å². The highest BCUT2D eigenvalue weighted by molar-refractivity contribution is 7.93. The first-order valence-corrected chi connectivity index (χ1v) is 12.4. The number of benzene rings is 1. The zero-order valence-corrected chi connectivity index (χ0v) is 21.0. The fraction of sp³-hybridized carbons (Fsp3) is 0.261. The van der Waals surface area contributed by atoms with Crippen molar-refractivity contribution in [1.29, 1.82) is 0 Å². The maximum absolute atomic E-state index is 13.4. The number of aromatic nitrogens is 5. The highest BCUT2D eigenvalue weighted by Crippen LogP contribution is 2.36. The van der Waals surface area contributed by atoms with Crippen LogP contribution in [0.2, 0.25) is 0 Å². The largest absolute Gasteiger partial charge is 0.506 e. The second kappa shape index (κ2) is 10.2. The molecule has 0 spiro atoms. The average molecular weight is 528 g/mol. The highest BCUT2D eigenvalue weighted by Gasteiger charge is 2.32. The second-order valence-corrected chi connectivity index (χ2v) is 9.87. The van der Waals surface area contributed by atoms with Gasteiger partial charge < -0.3 is 14.6 Å². The van der Waals surface area contributed by atoms with Crippen molar-refractivity contribution in [2.45, 2.75) is 25.0 Å². The minimum atomic E-state index is -4.15. The number of para-hydroxylation sites is 1. The number of ether oxygens (including phenoxy) is 2. The molecule has 0 radical (unpaired) electrons. The van der Waals surface area contributed by atoms with Crippen LogP contribution in [0.25, 0.3) is 11.4 Å². The van der Waals surface area contributed by atoms with Crippen molar-refractivity contribution in [1.82, 2.24) is 24.7 Å². The lowest BCUT2D eigenvalue weighted by Gasteiger charge is -2.21. The summed E-state index contributed by atoms with van der Waals surface area (Å²) in [5.41, 5.74) is 5.70. The van der Waals surface area contributed by atoms with E-state index in [1.165, 1.54) is 37.9 Å². The Morgan fingerprint density at radius 3 is 2.54 bits per heavy atom. The quantitative estimate of drug-likeness (QED) is 0.421. The van der Waals surface area contributed by atoms with Crippen LogP contribution in [-0.2, 0) is 14.8 Å². The maximum atomic E-state index is 13.4. The number of methoxy groups -OCH3 is 2. The second-order valence-electron chi connectivity index (χ2n) is 7.83. The zero-order valence-electron chi connectivity index (χ0n) is 20.2. The predicted octanol–water partition coefficient (Wildman–Crippen LogP) is 2.55. The van der Waals surface area contributed by atoms with Crippen LogP contribution < -0.4 is 9.46 Å². The van der Waals surface area contributed by atoms with E-state index in [-0.39, 0.29) is 46.4 Å². The Bertz CT molecular complexity index is 1570. The molecule has 2 N–H and O–H groups in total. The number of sulfonamides is 1. The third-order valence-electron chi connectivity index (χ3n) is 5.59. The van der Waals surface area contributed by atoms with E-state index in [4.69, 9.17) is 9.47 Å². The molecule has 2 aromatic heterocycles. The summed E-state index contributed by atoms with van der Waals surface area (Å²) in [6.07, 6.45) is 3.39. The monoisotopic (exact) mass is 527 g/mol. The number of nitrogens with one attached hydrogen (secondary N) is 1. The number of phenols is 1. The van der Waals surface area contributed by atoms with Gasteiger partial charge in [0.1, 0.15) is 23.0 Å². The Balaban J connectivity index is 1.82. The first-order chi connectivity index (χ1) is 17.7. The predicted molar refractivity (Wildman–Crippen MR) is 131 cm³/mol. The van der Waals surface area contributed by atoms with E-state index < -0.39 is 27.0 Å². The Morgan fingerprint density at radius 2 is 1.86 bits per heavy atom. The van der Waals surface area contributed by atoms with Gasteiger partial charge in [-0.15, -0.1) is 10.2 Å². The van der Waals surface area contributed by atoms with Gasteiger partial charge in [0.15, 0.2) is 17.3 Å². The molecule has 3 aromatic rings. The summed E-state index contributed by atoms with van der Waals surface area (Å²) < 4.78 is 54.2. The summed E-state index contributed by atoms with van der Waals surface area (Å²) >= 11 is 0. The SMILES string of the molecule is COC1=NC(c2nnc(NS(=O)(=O)[C@H](C)[C@@H](C)c3ncc(F)cn3)n2-c2c(O)cccc2OC)=C=C=C1. The van der Waals surface area contributed by atoms with Crippen molar-refractivity contribution in [3.63, 3.8) is 0 Å². The molecule has 4 rings (SSSR count). The van der Waals surface area contributed by atoms with Crippen molar-refractivity contribution in [3.8, 4) is 17.2 Å².